The molecule has 2 aromatic rings. The van der Waals surface area contributed by atoms with E-state index in [9.17, 15) is 4.79 Å². The number of rotatable bonds is 5. The fourth-order valence-corrected chi connectivity index (χ4v) is 7.12. The van der Waals surface area contributed by atoms with Crippen molar-refractivity contribution in [1.82, 2.24) is 9.47 Å². The van der Waals surface area contributed by atoms with Gasteiger partial charge in [-0.1, -0.05) is 18.2 Å². The third-order valence-electron chi connectivity index (χ3n) is 8.24. The zero-order valence-electron chi connectivity index (χ0n) is 16.6. The van der Waals surface area contributed by atoms with Gasteiger partial charge in [-0.05, 0) is 55.9 Å². The number of hydrogen-bond acceptors (Lipinski definition) is 3. The van der Waals surface area contributed by atoms with Crippen molar-refractivity contribution < 1.29 is 9.53 Å². The summed E-state index contributed by atoms with van der Waals surface area (Å²) in [6, 6.07) is 8.52. The van der Waals surface area contributed by atoms with E-state index in [-0.39, 0.29) is 5.41 Å². The van der Waals surface area contributed by atoms with E-state index in [0.29, 0.717) is 11.7 Å². The number of morpholine rings is 1. The summed E-state index contributed by atoms with van der Waals surface area (Å²) in [5, 5.41) is 1.16. The van der Waals surface area contributed by atoms with E-state index in [1.807, 2.05) is 0 Å². The molecule has 4 saturated carbocycles. The summed E-state index contributed by atoms with van der Waals surface area (Å²) in [7, 11) is 0. The molecule has 0 N–H and O–H groups in total. The molecule has 2 unspecified atom stereocenters. The Labute approximate surface area is 166 Å². The van der Waals surface area contributed by atoms with Crippen LogP contribution in [0.5, 0.6) is 0 Å². The van der Waals surface area contributed by atoms with E-state index in [4.69, 9.17) is 4.74 Å². The number of aromatic nitrogens is 1. The molecule has 4 heteroatoms. The van der Waals surface area contributed by atoms with Crippen molar-refractivity contribution in [2.75, 3.05) is 32.8 Å². The molecule has 0 radical (unpaired) electrons. The smallest absolute Gasteiger partial charge is 0.171 e. The topological polar surface area (TPSA) is 34.5 Å². The summed E-state index contributed by atoms with van der Waals surface area (Å²) in [5.74, 6) is 2.75. The highest BCUT2D eigenvalue weighted by Gasteiger charge is 2.61. The molecule has 4 nitrogen and oxygen atoms in total. The van der Waals surface area contributed by atoms with E-state index in [2.05, 4.69) is 39.9 Å². The summed E-state index contributed by atoms with van der Waals surface area (Å²) in [4.78, 5) is 16.4. The van der Waals surface area contributed by atoms with Crippen LogP contribution in [-0.4, -0.2) is 48.1 Å². The number of benzene rings is 1. The molecule has 1 aromatic carbocycles. The second kappa shape index (κ2) is 6.43. The third kappa shape index (κ3) is 2.54. The predicted octanol–water partition coefficient (Wildman–Crippen LogP) is 3.98. The molecule has 1 aromatic heterocycles. The lowest BCUT2D eigenvalue weighted by Crippen LogP contribution is -2.38. The number of Topliss-reactive ketones (excluding diaryl/α,β-unsaturated/α-hetero) is 1. The molecule has 4 aliphatic carbocycles. The van der Waals surface area contributed by atoms with Crippen LogP contribution in [0.15, 0.2) is 30.5 Å². The van der Waals surface area contributed by atoms with Crippen molar-refractivity contribution in [3.63, 3.8) is 0 Å². The molecule has 5 aliphatic rings. The van der Waals surface area contributed by atoms with Crippen LogP contribution < -0.4 is 0 Å². The molecule has 0 spiro atoms. The van der Waals surface area contributed by atoms with Gasteiger partial charge in [0.05, 0.1) is 13.2 Å². The van der Waals surface area contributed by atoms with Crippen molar-refractivity contribution in [1.29, 1.82) is 0 Å². The first kappa shape index (κ1) is 17.2. The Bertz CT molecular complexity index is 896. The van der Waals surface area contributed by atoms with E-state index < -0.39 is 0 Å². The van der Waals surface area contributed by atoms with Gasteiger partial charge in [-0.15, -0.1) is 0 Å². The van der Waals surface area contributed by atoms with E-state index in [0.717, 1.165) is 75.0 Å². The summed E-state index contributed by atoms with van der Waals surface area (Å²) >= 11 is 0. The largest absolute Gasteiger partial charge is 0.379 e. The summed E-state index contributed by atoms with van der Waals surface area (Å²) in [6.45, 7) is 5.66. The molecule has 4 bridgehead atoms. The highest BCUT2D eigenvalue weighted by molar-refractivity contribution is 6.11. The quantitative estimate of drug-likeness (QED) is 0.738. The maximum atomic E-state index is 13.9. The molecule has 148 valence electrons. The zero-order chi connectivity index (χ0) is 18.7. The van der Waals surface area contributed by atoms with E-state index in [1.165, 1.54) is 24.8 Å². The minimum Gasteiger partial charge on any atom is -0.379 e. The highest BCUT2D eigenvalue weighted by atomic mass is 16.5. The van der Waals surface area contributed by atoms with Gasteiger partial charge < -0.3 is 9.30 Å². The average Bonchev–Trinajstić information content (AvgIpc) is 3.31. The summed E-state index contributed by atoms with van der Waals surface area (Å²) in [5.41, 5.74) is 2.17. The minimum absolute atomic E-state index is 0.0350. The van der Waals surface area contributed by atoms with Crippen LogP contribution in [-0.2, 0) is 11.3 Å². The van der Waals surface area contributed by atoms with E-state index in [1.54, 1.807) is 0 Å². The molecule has 1 saturated heterocycles. The first-order chi connectivity index (χ1) is 13.7. The van der Waals surface area contributed by atoms with Crippen LogP contribution >= 0.6 is 0 Å². The van der Waals surface area contributed by atoms with Crippen LogP contribution in [0.2, 0.25) is 0 Å². The molecule has 0 amide bonds. The van der Waals surface area contributed by atoms with Crippen molar-refractivity contribution >= 4 is 16.7 Å². The van der Waals surface area contributed by atoms with Crippen LogP contribution in [0, 0.1) is 23.2 Å². The van der Waals surface area contributed by atoms with Gasteiger partial charge in [0.15, 0.2) is 5.78 Å². The number of carbonyl (C=O) groups excluding carboxylic acids is 1. The first-order valence-electron chi connectivity index (χ1n) is 11.2. The molecule has 28 heavy (non-hydrogen) atoms. The van der Waals surface area contributed by atoms with Crippen molar-refractivity contribution in [2.24, 2.45) is 23.2 Å². The molecule has 2 atom stereocenters. The Morgan fingerprint density at radius 1 is 1.04 bits per heavy atom. The maximum Gasteiger partial charge on any atom is 0.171 e. The molecule has 7 rings (SSSR count). The minimum atomic E-state index is -0.0350. The maximum absolute atomic E-state index is 13.9. The Hall–Kier alpha value is -1.65. The number of ether oxygens (including phenoxy) is 1. The van der Waals surface area contributed by atoms with Gasteiger partial charge >= 0.3 is 0 Å². The van der Waals surface area contributed by atoms with Crippen LogP contribution in [0.25, 0.3) is 10.9 Å². The van der Waals surface area contributed by atoms with E-state index >= 15 is 0 Å². The van der Waals surface area contributed by atoms with Crippen LogP contribution in [0.1, 0.15) is 42.5 Å². The zero-order valence-corrected chi connectivity index (χ0v) is 16.6. The van der Waals surface area contributed by atoms with Gasteiger partial charge in [0.25, 0.3) is 0 Å². The number of para-hydroxylation sites is 1. The summed E-state index contributed by atoms with van der Waals surface area (Å²) in [6.07, 6.45) is 8.48. The Morgan fingerprint density at radius 2 is 1.79 bits per heavy atom. The van der Waals surface area contributed by atoms with Crippen LogP contribution in [0.4, 0.5) is 0 Å². The lowest BCUT2D eigenvalue weighted by Gasteiger charge is -2.31. The fourth-order valence-electron chi connectivity index (χ4n) is 7.12. The van der Waals surface area contributed by atoms with Gasteiger partial charge in [0.1, 0.15) is 0 Å². The molecule has 1 aliphatic heterocycles. The fraction of sp³-hybridized carbons (Fsp3) is 0.625. The number of ketones is 1. The number of carbonyl (C=O) groups is 1. The number of hydrogen-bond donors (Lipinski definition) is 0. The third-order valence-corrected chi connectivity index (χ3v) is 8.24. The lowest BCUT2D eigenvalue weighted by molar-refractivity contribution is 0.0365. The van der Waals surface area contributed by atoms with Crippen molar-refractivity contribution in [3.8, 4) is 0 Å². The predicted molar refractivity (Wildman–Crippen MR) is 110 cm³/mol. The van der Waals surface area contributed by atoms with Gasteiger partial charge in [-0.2, -0.15) is 0 Å². The highest BCUT2D eigenvalue weighted by Crippen LogP contribution is 2.66. The van der Waals surface area contributed by atoms with Crippen molar-refractivity contribution in [2.45, 2.75) is 38.6 Å². The van der Waals surface area contributed by atoms with Crippen molar-refractivity contribution in [3.05, 3.63) is 36.0 Å². The van der Waals surface area contributed by atoms with Gasteiger partial charge in [0.2, 0.25) is 0 Å². The second-order valence-corrected chi connectivity index (χ2v) is 9.74. The number of nitrogens with zero attached hydrogens (tertiary/aromatic N) is 2. The molecule has 5 fully saturated rings. The normalized spacial score (nSPS) is 34.5. The standard InChI is InChI=1S/C24H30N2O2/c27-23(24-14-17-11-18(15-24)13-19(24)12-17)21-16-26(22-4-2-1-3-20(21)22)6-5-25-7-9-28-10-8-25/h1-4,16-19H,5-15H2. The Morgan fingerprint density at radius 3 is 2.57 bits per heavy atom. The molecular weight excluding hydrogens is 348 g/mol. The van der Waals surface area contributed by atoms with Crippen LogP contribution in [0.3, 0.4) is 0 Å². The number of fused-ring (bicyclic) bond motifs is 1. The second-order valence-electron chi connectivity index (χ2n) is 9.74. The average molecular weight is 379 g/mol. The van der Waals surface area contributed by atoms with Gasteiger partial charge in [0, 0.05) is 54.3 Å². The molecular formula is C24H30N2O2. The monoisotopic (exact) mass is 378 g/mol. The first-order valence-corrected chi connectivity index (χ1v) is 11.2. The lowest BCUT2D eigenvalue weighted by atomic mass is 9.71. The Balaban J connectivity index is 1.32. The van der Waals surface area contributed by atoms with Gasteiger partial charge in [-0.25, -0.2) is 0 Å². The Kier molecular flexibility index (Phi) is 3.96. The SMILES string of the molecule is O=C(c1cn(CCN2CCOCC2)c2ccccc12)C12CC3CC(CC1C3)C2. The molecule has 2 heterocycles. The summed E-state index contributed by atoms with van der Waals surface area (Å²) < 4.78 is 7.80. The van der Waals surface area contributed by atoms with Gasteiger partial charge in [-0.3, -0.25) is 9.69 Å².